The van der Waals surface area contributed by atoms with E-state index in [9.17, 15) is 5.26 Å². The number of rotatable bonds is 6. The number of halogens is 2. The third kappa shape index (κ3) is 4.65. The Bertz CT molecular complexity index is 1450. The summed E-state index contributed by atoms with van der Waals surface area (Å²) in [7, 11) is 0. The van der Waals surface area contributed by atoms with Crippen LogP contribution in [0.4, 0.5) is 5.82 Å². The van der Waals surface area contributed by atoms with Crippen LogP contribution in [0.3, 0.4) is 0 Å². The minimum absolute atomic E-state index is 0.244. The van der Waals surface area contributed by atoms with Gasteiger partial charge in [-0.05, 0) is 55.8 Å². The lowest BCUT2D eigenvalue weighted by Gasteiger charge is -2.47. The van der Waals surface area contributed by atoms with Crippen molar-refractivity contribution in [2.75, 3.05) is 31.1 Å². The van der Waals surface area contributed by atoms with Gasteiger partial charge < -0.3 is 9.88 Å². The Morgan fingerprint density at radius 1 is 1.19 bits per heavy atom. The fraction of sp³-hybridized carbons (Fsp3) is 0.423. The maximum Gasteiger partial charge on any atom is 0.190 e. The molecule has 0 radical (unpaired) electrons. The maximum atomic E-state index is 9.65. The molecule has 3 aromatic heterocycles. The average Bonchev–Trinajstić information content (AvgIpc) is 3.50. The smallest absolute Gasteiger partial charge is 0.190 e. The minimum Gasteiger partial charge on any atom is -0.355 e. The van der Waals surface area contributed by atoms with Gasteiger partial charge >= 0.3 is 0 Å². The molecule has 0 spiro atoms. The normalized spacial score (nSPS) is 19.6. The Hall–Kier alpha value is -3.19. The molecule has 11 heteroatoms. The van der Waals surface area contributed by atoms with Crippen molar-refractivity contribution in [1.29, 1.82) is 5.26 Å². The largest absolute Gasteiger partial charge is 0.355 e. The van der Waals surface area contributed by atoms with Crippen molar-refractivity contribution >= 4 is 40.2 Å². The van der Waals surface area contributed by atoms with Crippen molar-refractivity contribution in [3.63, 3.8) is 0 Å². The van der Waals surface area contributed by atoms with E-state index >= 15 is 0 Å². The molecule has 4 aromatic rings. The predicted molar refractivity (Wildman–Crippen MR) is 143 cm³/mol. The summed E-state index contributed by atoms with van der Waals surface area (Å²) in [6, 6.07) is 7.30. The van der Waals surface area contributed by atoms with Gasteiger partial charge in [-0.3, -0.25) is 4.90 Å². The second-order valence-electron chi connectivity index (χ2n) is 10.0. The molecule has 0 bridgehead atoms. The number of H-pyrrole nitrogens is 1. The van der Waals surface area contributed by atoms with Crippen LogP contribution in [0.25, 0.3) is 11.2 Å². The van der Waals surface area contributed by atoms with E-state index in [0.717, 1.165) is 44.1 Å². The number of piperidine rings is 1. The van der Waals surface area contributed by atoms with Crippen LogP contribution in [0.1, 0.15) is 42.8 Å². The van der Waals surface area contributed by atoms with E-state index in [-0.39, 0.29) is 11.7 Å². The Morgan fingerprint density at radius 3 is 2.81 bits per heavy atom. The van der Waals surface area contributed by atoms with E-state index < -0.39 is 0 Å². The van der Waals surface area contributed by atoms with Gasteiger partial charge in [-0.2, -0.15) is 10.4 Å². The van der Waals surface area contributed by atoms with Crippen LogP contribution in [-0.4, -0.2) is 60.8 Å². The number of aromatic nitrogens is 6. The Balaban J connectivity index is 1.19. The first kappa shape index (κ1) is 24.2. The fourth-order valence-corrected chi connectivity index (χ4v) is 6.17. The zero-order valence-corrected chi connectivity index (χ0v) is 22.0. The number of aromatic amines is 1. The highest BCUT2D eigenvalue weighted by molar-refractivity contribution is 6.35. The predicted octanol–water partition coefficient (Wildman–Crippen LogP) is 4.69. The Labute approximate surface area is 225 Å². The molecule has 37 heavy (non-hydrogen) atoms. The number of nitrogens with one attached hydrogen (secondary N) is 1. The van der Waals surface area contributed by atoms with Crippen LogP contribution in [0, 0.1) is 23.2 Å². The number of hydrogen-bond acceptors (Lipinski definition) is 7. The molecule has 1 aromatic carbocycles. The lowest BCUT2D eigenvalue weighted by molar-refractivity contribution is 0.113. The number of fused-ring (bicyclic) bond motifs is 1. The van der Waals surface area contributed by atoms with Gasteiger partial charge in [-0.25, -0.2) is 19.6 Å². The second kappa shape index (κ2) is 9.93. The van der Waals surface area contributed by atoms with Gasteiger partial charge in [0.2, 0.25) is 0 Å². The molecule has 0 amide bonds. The molecule has 2 saturated heterocycles. The standard InChI is InChI=1S/C26H27Cl2N9/c1-16(21-5-4-19(27)7-22(21)28)37-26-25(23(8-29)34-37)31-10-24(33-26)36-12-18(13-36)17-3-2-6-35(11-17)14-20-9-30-15-32-20/h4-5,7,9-10,15-18H,2-3,6,11-14H2,1H3,(H,30,32)/t16-,17+/m1/s1. The Morgan fingerprint density at radius 2 is 2.05 bits per heavy atom. The summed E-state index contributed by atoms with van der Waals surface area (Å²) in [4.78, 5) is 21.7. The summed E-state index contributed by atoms with van der Waals surface area (Å²) in [5.41, 5.74) is 3.36. The van der Waals surface area contributed by atoms with Crippen LogP contribution >= 0.6 is 23.2 Å². The van der Waals surface area contributed by atoms with E-state index in [1.54, 1.807) is 29.3 Å². The molecule has 0 aliphatic carbocycles. The molecule has 0 saturated carbocycles. The highest BCUT2D eigenvalue weighted by atomic mass is 35.5. The summed E-state index contributed by atoms with van der Waals surface area (Å²) in [6.07, 6.45) is 7.90. The first-order valence-electron chi connectivity index (χ1n) is 12.5. The van der Waals surface area contributed by atoms with Gasteiger partial charge in [0.1, 0.15) is 17.4 Å². The van der Waals surface area contributed by atoms with Crippen molar-refractivity contribution in [2.24, 2.45) is 11.8 Å². The van der Waals surface area contributed by atoms with E-state index in [1.165, 1.54) is 18.5 Å². The van der Waals surface area contributed by atoms with Gasteiger partial charge in [-0.15, -0.1) is 0 Å². The van der Waals surface area contributed by atoms with Crippen LogP contribution in [0.2, 0.25) is 10.0 Å². The lowest BCUT2D eigenvalue weighted by atomic mass is 9.80. The average molecular weight is 536 g/mol. The summed E-state index contributed by atoms with van der Waals surface area (Å²) in [5.74, 6) is 2.12. The SMILES string of the molecule is C[C@H](c1ccc(Cl)cc1Cl)n1nc(C#N)c2ncc(N3CC([C@H]4CCCN(Cc5cnc[nH]5)C4)C3)nc21. The number of anilines is 1. The number of benzene rings is 1. The first-order valence-corrected chi connectivity index (χ1v) is 13.3. The number of likely N-dealkylation sites (tertiary alicyclic amines) is 1. The fourth-order valence-electron chi connectivity index (χ4n) is 5.60. The number of imidazole rings is 1. The number of nitrogens with zero attached hydrogens (tertiary/aromatic N) is 8. The van der Waals surface area contributed by atoms with Crippen LogP contribution in [0.15, 0.2) is 36.9 Å². The van der Waals surface area contributed by atoms with Gasteiger partial charge in [0.15, 0.2) is 11.3 Å². The van der Waals surface area contributed by atoms with E-state index in [1.807, 2.05) is 19.2 Å². The number of hydrogen-bond donors (Lipinski definition) is 1. The second-order valence-corrected chi connectivity index (χ2v) is 10.9. The Kier molecular flexibility index (Phi) is 6.49. The summed E-state index contributed by atoms with van der Waals surface area (Å²) < 4.78 is 1.74. The van der Waals surface area contributed by atoms with Crippen LogP contribution < -0.4 is 4.90 Å². The molecule has 5 heterocycles. The maximum absolute atomic E-state index is 9.65. The van der Waals surface area contributed by atoms with Gasteiger partial charge in [0.25, 0.3) is 0 Å². The minimum atomic E-state index is -0.244. The summed E-state index contributed by atoms with van der Waals surface area (Å²) in [5, 5.41) is 15.3. The molecule has 2 fully saturated rings. The van der Waals surface area contributed by atoms with Gasteiger partial charge in [0, 0.05) is 48.1 Å². The summed E-state index contributed by atoms with van der Waals surface area (Å²) >= 11 is 12.6. The van der Waals surface area contributed by atoms with Crippen LogP contribution in [-0.2, 0) is 6.54 Å². The molecule has 2 aliphatic heterocycles. The van der Waals surface area contributed by atoms with Gasteiger partial charge in [-0.1, -0.05) is 29.3 Å². The quantitative estimate of drug-likeness (QED) is 0.382. The zero-order chi connectivity index (χ0) is 25.5. The highest BCUT2D eigenvalue weighted by Gasteiger charge is 2.37. The van der Waals surface area contributed by atoms with Crippen molar-refractivity contribution in [2.45, 2.75) is 32.4 Å². The molecule has 2 atom stereocenters. The van der Waals surface area contributed by atoms with Crippen molar-refractivity contribution in [1.82, 2.24) is 34.6 Å². The third-order valence-corrected chi connectivity index (χ3v) is 8.23. The molecule has 9 nitrogen and oxygen atoms in total. The van der Waals surface area contributed by atoms with E-state index in [2.05, 4.69) is 35.9 Å². The van der Waals surface area contributed by atoms with Crippen molar-refractivity contribution in [3.05, 3.63) is 63.9 Å². The van der Waals surface area contributed by atoms with Gasteiger partial charge in [0.05, 0.1) is 18.6 Å². The molecule has 6 rings (SSSR count). The number of nitriles is 1. The summed E-state index contributed by atoms with van der Waals surface area (Å²) in [6.45, 7) is 7.07. The molecule has 1 N–H and O–H groups in total. The molecular weight excluding hydrogens is 509 g/mol. The van der Waals surface area contributed by atoms with Crippen molar-refractivity contribution < 1.29 is 0 Å². The van der Waals surface area contributed by atoms with E-state index in [4.69, 9.17) is 28.2 Å². The van der Waals surface area contributed by atoms with Crippen molar-refractivity contribution in [3.8, 4) is 6.07 Å². The lowest BCUT2D eigenvalue weighted by Crippen LogP contribution is -2.53. The third-order valence-electron chi connectivity index (χ3n) is 7.67. The molecular formula is C26H27Cl2N9. The highest BCUT2D eigenvalue weighted by Crippen LogP contribution is 2.35. The molecule has 0 unspecified atom stereocenters. The molecule has 2 aliphatic rings. The topological polar surface area (TPSA) is 103 Å². The first-order chi connectivity index (χ1) is 18.0. The molecule has 190 valence electrons. The zero-order valence-electron chi connectivity index (χ0n) is 20.5. The van der Waals surface area contributed by atoms with Crippen LogP contribution in [0.5, 0.6) is 0 Å². The van der Waals surface area contributed by atoms with E-state index in [0.29, 0.717) is 33.0 Å². The monoisotopic (exact) mass is 535 g/mol.